The molecule has 0 aliphatic rings. The number of sulfonamides is 1. The van der Waals surface area contributed by atoms with Crippen LogP contribution in [0.5, 0.6) is 0 Å². The average molecular weight is 301 g/mol. The van der Waals surface area contributed by atoms with E-state index in [1.807, 2.05) is 0 Å². The van der Waals surface area contributed by atoms with Crippen molar-refractivity contribution in [3.8, 4) is 0 Å². The van der Waals surface area contributed by atoms with Crippen molar-refractivity contribution in [2.75, 3.05) is 13.7 Å². The van der Waals surface area contributed by atoms with Crippen LogP contribution < -0.4 is 4.72 Å². The number of ether oxygens (including phenoxy) is 1. The molecule has 20 heavy (non-hydrogen) atoms. The van der Waals surface area contributed by atoms with Crippen molar-refractivity contribution in [1.82, 2.24) is 4.72 Å². The van der Waals surface area contributed by atoms with Crippen molar-refractivity contribution in [2.24, 2.45) is 0 Å². The fourth-order valence-electron chi connectivity index (χ4n) is 1.42. The van der Waals surface area contributed by atoms with Crippen LogP contribution in [0.1, 0.15) is 22.3 Å². The van der Waals surface area contributed by atoms with E-state index in [0.29, 0.717) is 5.56 Å². The van der Waals surface area contributed by atoms with Crippen molar-refractivity contribution in [3.63, 3.8) is 0 Å². The molecule has 0 amide bonds. The van der Waals surface area contributed by atoms with Gasteiger partial charge in [0.15, 0.2) is 0 Å². The average Bonchev–Trinajstić information content (AvgIpc) is 2.38. The molecule has 0 atom stereocenters. The van der Waals surface area contributed by atoms with Gasteiger partial charge in [0.2, 0.25) is 10.0 Å². The van der Waals surface area contributed by atoms with Crippen LogP contribution in [0.25, 0.3) is 0 Å². The van der Waals surface area contributed by atoms with Crippen LogP contribution in [-0.2, 0) is 25.3 Å². The highest BCUT2D eigenvalue weighted by Crippen LogP contribution is 2.08. The lowest BCUT2D eigenvalue weighted by molar-refractivity contribution is -0.140. The van der Waals surface area contributed by atoms with Gasteiger partial charge in [-0.3, -0.25) is 4.79 Å². The van der Waals surface area contributed by atoms with Crippen LogP contribution in [0.2, 0.25) is 0 Å². The van der Waals surface area contributed by atoms with Gasteiger partial charge in [0.25, 0.3) is 0 Å². The Morgan fingerprint density at radius 2 is 1.85 bits per heavy atom. The summed E-state index contributed by atoms with van der Waals surface area (Å²) in [5.74, 6) is -1.86. The van der Waals surface area contributed by atoms with E-state index in [1.165, 1.54) is 31.4 Å². The third-order valence-corrected chi connectivity index (χ3v) is 3.79. The zero-order valence-corrected chi connectivity index (χ0v) is 11.6. The molecule has 0 saturated carbocycles. The minimum absolute atomic E-state index is 0.0395. The summed E-state index contributed by atoms with van der Waals surface area (Å²) in [6.07, 6.45) is -0.0479. The zero-order chi connectivity index (χ0) is 15.2. The SMILES string of the molecule is COC(=O)CCNS(=O)(=O)Cc1ccc(C(=O)O)cc1. The third-order valence-electron chi connectivity index (χ3n) is 2.44. The van der Waals surface area contributed by atoms with Crippen molar-refractivity contribution >= 4 is 22.0 Å². The molecule has 1 aromatic rings. The predicted octanol–water partition coefficient (Wildman–Crippen LogP) is 0.367. The highest BCUT2D eigenvalue weighted by molar-refractivity contribution is 7.88. The number of carboxylic acids is 1. The van der Waals surface area contributed by atoms with Gasteiger partial charge >= 0.3 is 11.9 Å². The summed E-state index contributed by atoms with van der Waals surface area (Å²) in [5, 5.41) is 8.73. The van der Waals surface area contributed by atoms with Gasteiger partial charge in [0.05, 0.1) is 24.8 Å². The molecule has 7 nitrogen and oxygen atoms in total. The van der Waals surface area contributed by atoms with Crippen molar-refractivity contribution in [1.29, 1.82) is 0 Å². The molecule has 0 spiro atoms. The topological polar surface area (TPSA) is 110 Å². The molecule has 0 aromatic heterocycles. The maximum absolute atomic E-state index is 11.7. The van der Waals surface area contributed by atoms with Gasteiger partial charge in [-0.05, 0) is 17.7 Å². The number of rotatable bonds is 7. The maximum Gasteiger partial charge on any atom is 0.335 e. The Kier molecular flexibility index (Phi) is 5.66. The van der Waals surface area contributed by atoms with Gasteiger partial charge < -0.3 is 9.84 Å². The molecule has 0 fully saturated rings. The van der Waals surface area contributed by atoms with Gasteiger partial charge in [0.1, 0.15) is 0 Å². The molecule has 0 unspecified atom stereocenters. The highest BCUT2D eigenvalue weighted by Gasteiger charge is 2.12. The monoisotopic (exact) mass is 301 g/mol. The fraction of sp³-hybridized carbons (Fsp3) is 0.333. The van der Waals surface area contributed by atoms with Gasteiger partial charge in [-0.25, -0.2) is 17.9 Å². The van der Waals surface area contributed by atoms with Crippen LogP contribution in [0, 0.1) is 0 Å². The molecule has 0 saturated heterocycles. The lowest BCUT2D eigenvalue weighted by atomic mass is 10.1. The Morgan fingerprint density at radius 3 is 2.35 bits per heavy atom. The van der Waals surface area contributed by atoms with Crippen LogP contribution >= 0.6 is 0 Å². The largest absolute Gasteiger partial charge is 0.478 e. The number of esters is 1. The van der Waals surface area contributed by atoms with Crippen LogP contribution in [0.3, 0.4) is 0 Å². The second-order valence-corrected chi connectivity index (χ2v) is 5.79. The molecular formula is C12H15NO6S. The maximum atomic E-state index is 11.7. The van der Waals surface area contributed by atoms with Gasteiger partial charge in [-0.15, -0.1) is 0 Å². The van der Waals surface area contributed by atoms with Crippen LogP contribution in [0.15, 0.2) is 24.3 Å². The molecule has 8 heteroatoms. The second-order valence-electron chi connectivity index (χ2n) is 3.98. The van der Waals surface area contributed by atoms with Crippen molar-refractivity contribution in [3.05, 3.63) is 35.4 Å². The first-order valence-electron chi connectivity index (χ1n) is 5.70. The lowest BCUT2D eigenvalue weighted by Crippen LogP contribution is -2.27. The molecule has 0 heterocycles. The summed E-state index contributed by atoms with van der Waals surface area (Å²) < 4.78 is 30.1. The van der Waals surface area contributed by atoms with Crippen LogP contribution in [0.4, 0.5) is 0 Å². The molecular weight excluding hydrogens is 286 g/mol. The normalized spacial score (nSPS) is 11.1. The first-order chi connectivity index (χ1) is 9.34. The fourth-order valence-corrected chi connectivity index (χ4v) is 2.57. The Labute approximate surface area is 116 Å². The Hall–Kier alpha value is -1.93. The molecule has 0 bridgehead atoms. The number of hydrogen-bond donors (Lipinski definition) is 2. The molecule has 0 aliphatic heterocycles. The van der Waals surface area contributed by atoms with Gasteiger partial charge in [0, 0.05) is 6.54 Å². The molecule has 1 rings (SSSR count). The van der Waals surface area contributed by atoms with Gasteiger partial charge in [-0.1, -0.05) is 12.1 Å². The first kappa shape index (κ1) is 16.1. The zero-order valence-electron chi connectivity index (χ0n) is 10.8. The summed E-state index contributed by atoms with van der Waals surface area (Å²) in [4.78, 5) is 21.5. The second kappa shape index (κ2) is 7.01. The number of nitrogens with one attached hydrogen (secondary N) is 1. The minimum Gasteiger partial charge on any atom is -0.478 e. The summed E-state index contributed by atoms with van der Waals surface area (Å²) in [6, 6.07) is 5.54. The van der Waals surface area contributed by atoms with E-state index in [2.05, 4.69) is 9.46 Å². The summed E-state index contributed by atoms with van der Waals surface area (Å²) >= 11 is 0. The minimum atomic E-state index is -3.58. The van der Waals surface area contributed by atoms with Crippen LogP contribution in [-0.4, -0.2) is 39.1 Å². The van der Waals surface area contributed by atoms with E-state index in [0.717, 1.165) is 0 Å². The number of aromatic carboxylic acids is 1. The number of carbonyl (C=O) groups excluding carboxylic acids is 1. The Morgan fingerprint density at radius 1 is 1.25 bits per heavy atom. The number of carbonyl (C=O) groups is 2. The number of benzene rings is 1. The Balaban J connectivity index is 2.57. The third kappa shape index (κ3) is 5.37. The van der Waals surface area contributed by atoms with E-state index < -0.39 is 22.0 Å². The summed E-state index contributed by atoms with van der Waals surface area (Å²) in [5.41, 5.74) is 0.547. The first-order valence-corrected chi connectivity index (χ1v) is 7.35. The van der Waals surface area contributed by atoms with Crippen molar-refractivity contribution < 1.29 is 27.9 Å². The molecule has 1 aromatic carbocycles. The predicted molar refractivity (Wildman–Crippen MR) is 70.7 cm³/mol. The smallest absolute Gasteiger partial charge is 0.335 e. The molecule has 110 valence electrons. The molecule has 0 aliphatic carbocycles. The number of methoxy groups -OCH3 is 1. The standard InChI is InChI=1S/C12H15NO6S/c1-19-11(14)6-7-13-20(17,18)8-9-2-4-10(5-3-9)12(15)16/h2-5,13H,6-8H2,1H3,(H,15,16). The van der Waals surface area contributed by atoms with E-state index in [-0.39, 0.29) is 24.3 Å². The van der Waals surface area contributed by atoms with E-state index >= 15 is 0 Å². The number of carboxylic acid groups (broad SMARTS) is 1. The highest BCUT2D eigenvalue weighted by atomic mass is 32.2. The summed E-state index contributed by atoms with van der Waals surface area (Å²) in [7, 11) is -2.35. The van der Waals surface area contributed by atoms with Gasteiger partial charge in [-0.2, -0.15) is 0 Å². The van der Waals surface area contributed by atoms with Crippen molar-refractivity contribution in [2.45, 2.75) is 12.2 Å². The van der Waals surface area contributed by atoms with E-state index in [4.69, 9.17) is 5.11 Å². The quantitative estimate of drug-likeness (QED) is 0.704. The molecule has 0 radical (unpaired) electrons. The lowest BCUT2D eigenvalue weighted by Gasteiger charge is -2.06. The number of hydrogen-bond acceptors (Lipinski definition) is 5. The summed E-state index contributed by atoms with van der Waals surface area (Å²) in [6.45, 7) is -0.0395. The van der Waals surface area contributed by atoms with E-state index in [1.54, 1.807) is 0 Å². The van der Waals surface area contributed by atoms with E-state index in [9.17, 15) is 18.0 Å². The Bertz CT molecular complexity index is 578. The molecule has 2 N–H and O–H groups in total.